The predicted octanol–water partition coefficient (Wildman–Crippen LogP) is 1.90. The lowest BCUT2D eigenvalue weighted by Gasteiger charge is -2.04. The van der Waals surface area contributed by atoms with Crippen LogP contribution in [0, 0.1) is 6.92 Å². The zero-order valence-corrected chi connectivity index (χ0v) is 9.56. The quantitative estimate of drug-likeness (QED) is 0.797. The number of rotatable bonds is 2. The van der Waals surface area contributed by atoms with E-state index >= 15 is 0 Å². The van der Waals surface area contributed by atoms with Gasteiger partial charge in [0.05, 0.1) is 7.11 Å². The second-order valence-corrected chi connectivity index (χ2v) is 3.44. The number of halogens is 1. The van der Waals surface area contributed by atoms with Crippen molar-refractivity contribution in [2.24, 2.45) is 0 Å². The molecule has 0 bridgehead atoms. The number of ether oxygens (including phenoxy) is 1. The summed E-state index contributed by atoms with van der Waals surface area (Å²) in [6.45, 7) is 1.92. The first-order valence-electron chi connectivity index (χ1n) is 4.57. The van der Waals surface area contributed by atoms with Gasteiger partial charge in [0.15, 0.2) is 5.82 Å². The van der Waals surface area contributed by atoms with Crippen LogP contribution in [0.4, 0.5) is 0 Å². The summed E-state index contributed by atoms with van der Waals surface area (Å²) >= 11 is 5.77. The van der Waals surface area contributed by atoms with Gasteiger partial charge in [-0.15, -0.1) is 0 Å². The minimum atomic E-state index is 0.109. The molecule has 0 saturated carbocycles. The molecule has 0 fully saturated rings. The molecule has 0 N–H and O–H groups in total. The van der Waals surface area contributed by atoms with Crippen LogP contribution in [0.2, 0.25) is 5.28 Å². The third kappa shape index (κ3) is 2.09. The monoisotopic (exact) mass is 236 g/mol. The van der Waals surface area contributed by atoms with E-state index in [1.54, 1.807) is 12.4 Å². The predicted molar refractivity (Wildman–Crippen MR) is 59.4 cm³/mol. The standard InChI is InChI=1S/C10H9ClN4O/c1-6-5-12-4-3-7(6)8-13-9(11)15-10(14-8)16-2/h3-5H,1-2H3. The van der Waals surface area contributed by atoms with E-state index in [-0.39, 0.29) is 11.3 Å². The first kappa shape index (κ1) is 10.8. The van der Waals surface area contributed by atoms with Crippen LogP contribution >= 0.6 is 11.6 Å². The molecule has 0 spiro atoms. The summed E-state index contributed by atoms with van der Waals surface area (Å²) in [5, 5.41) is 0.109. The van der Waals surface area contributed by atoms with Gasteiger partial charge in [-0.1, -0.05) is 0 Å². The van der Waals surface area contributed by atoms with Gasteiger partial charge >= 0.3 is 6.01 Å². The van der Waals surface area contributed by atoms with E-state index in [4.69, 9.17) is 16.3 Å². The van der Waals surface area contributed by atoms with Gasteiger partial charge in [0.1, 0.15) is 0 Å². The number of hydrogen-bond donors (Lipinski definition) is 0. The van der Waals surface area contributed by atoms with Gasteiger partial charge in [0.2, 0.25) is 5.28 Å². The molecular weight excluding hydrogens is 228 g/mol. The van der Waals surface area contributed by atoms with E-state index in [0.29, 0.717) is 5.82 Å². The molecule has 2 heterocycles. The Bertz CT molecular complexity index is 518. The van der Waals surface area contributed by atoms with E-state index in [9.17, 15) is 0 Å². The Morgan fingerprint density at radius 2 is 2.06 bits per heavy atom. The smallest absolute Gasteiger partial charge is 0.321 e. The molecule has 0 aliphatic carbocycles. The summed E-state index contributed by atoms with van der Waals surface area (Å²) in [6, 6.07) is 2.02. The molecule has 0 aliphatic heterocycles. The third-order valence-corrected chi connectivity index (χ3v) is 2.20. The molecular formula is C10H9ClN4O. The summed E-state index contributed by atoms with van der Waals surface area (Å²) in [7, 11) is 1.48. The number of aryl methyl sites for hydroxylation is 1. The van der Waals surface area contributed by atoms with E-state index in [2.05, 4.69) is 19.9 Å². The van der Waals surface area contributed by atoms with Crippen molar-refractivity contribution in [2.45, 2.75) is 6.92 Å². The fraction of sp³-hybridized carbons (Fsp3) is 0.200. The van der Waals surface area contributed by atoms with Crippen LogP contribution in [0.5, 0.6) is 6.01 Å². The van der Waals surface area contributed by atoms with Crippen LogP contribution < -0.4 is 4.74 Å². The van der Waals surface area contributed by atoms with Crippen molar-refractivity contribution in [1.29, 1.82) is 0 Å². The van der Waals surface area contributed by atoms with Crippen molar-refractivity contribution < 1.29 is 4.74 Å². The van der Waals surface area contributed by atoms with Gasteiger partial charge < -0.3 is 4.74 Å². The van der Waals surface area contributed by atoms with Gasteiger partial charge in [0, 0.05) is 18.0 Å². The maximum absolute atomic E-state index is 5.77. The molecule has 0 radical (unpaired) electrons. The molecule has 0 atom stereocenters. The van der Waals surface area contributed by atoms with Gasteiger partial charge in [0.25, 0.3) is 0 Å². The normalized spacial score (nSPS) is 10.2. The fourth-order valence-corrected chi connectivity index (χ4v) is 1.42. The zero-order valence-electron chi connectivity index (χ0n) is 8.81. The highest BCUT2D eigenvalue weighted by atomic mass is 35.5. The van der Waals surface area contributed by atoms with Crippen molar-refractivity contribution in [1.82, 2.24) is 19.9 Å². The molecule has 6 heteroatoms. The van der Waals surface area contributed by atoms with Crippen LogP contribution in [0.3, 0.4) is 0 Å². The highest BCUT2D eigenvalue weighted by Crippen LogP contribution is 2.20. The lowest BCUT2D eigenvalue weighted by Crippen LogP contribution is -1.99. The average molecular weight is 237 g/mol. The van der Waals surface area contributed by atoms with Crippen LogP contribution in [0.1, 0.15) is 5.56 Å². The summed E-state index contributed by atoms with van der Waals surface area (Å²) in [6.07, 6.45) is 3.41. The number of nitrogens with zero attached hydrogens (tertiary/aromatic N) is 4. The fourth-order valence-electron chi connectivity index (χ4n) is 1.27. The van der Waals surface area contributed by atoms with Crippen molar-refractivity contribution in [3.8, 4) is 17.4 Å². The third-order valence-electron chi connectivity index (χ3n) is 2.03. The first-order valence-corrected chi connectivity index (χ1v) is 4.95. The molecule has 16 heavy (non-hydrogen) atoms. The summed E-state index contributed by atoms with van der Waals surface area (Å²) in [5.74, 6) is 0.483. The molecule has 0 amide bonds. The molecule has 0 saturated heterocycles. The SMILES string of the molecule is COc1nc(Cl)nc(-c2ccncc2C)n1. The molecule has 82 valence electrons. The maximum atomic E-state index is 5.77. The van der Waals surface area contributed by atoms with Gasteiger partial charge in [-0.2, -0.15) is 15.0 Å². The molecule has 2 aromatic heterocycles. The van der Waals surface area contributed by atoms with Crippen molar-refractivity contribution in [2.75, 3.05) is 7.11 Å². The largest absolute Gasteiger partial charge is 0.467 e. The first-order chi connectivity index (χ1) is 7.70. The number of methoxy groups -OCH3 is 1. The van der Waals surface area contributed by atoms with Crippen molar-refractivity contribution in [3.05, 3.63) is 29.3 Å². The number of aromatic nitrogens is 4. The zero-order chi connectivity index (χ0) is 11.5. The summed E-state index contributed by atoms with van der Waals surface area (Å²) in [5.41, 5.74) is 1.82. The van der Waals surface area contributed by atoms with Gasteiger partial charge in [-0.3, -0.25) is 4.98 Å². The second kappa shape index (κ2) is 4.40. The molecule has 5 nitrogen and oxygen atoms in total. The summed E-state index contributed by atoms with van der Waals surface area (Å²) in [4.78, 5) is 16.0. The number of pyridine rings is 1. The molecule has 0 unspecified atom stereocenters. The minimum absolute atomic E-state index is 0.109. The Balaban J connectivity index is 2.56. The molecule has 2 rings (SSSR count). The number of hydrogen-bond acceptors (Lipinski definition) is 5. The second-order valence-electron chi connectivity index (χ2n) is 3.11. The van der Waals surface area contributed by atoms with Crippen LogP contribution in [0.25, 0.3) is 11.4 Å². The van der Waals surface area contributed by atoms with Crippen LogP contribution in [0.15, 0.2) is 18.5 Å². The molecule has 0 aliphatic rings. The Morgan fingerprint density at radius 3 is 2.75 bits per heavy atom. The van der Waals surface area contributed by atoms with E-state index in [0.717, 1.165) is 11.1 Å². The molecule has 2 aromatic rings. The van der Waals surface area contributed by atoms with E-state index in [1.165, 1.54) is 7.11 Å². The average Bonchev–Trinajstić information content (AvgIpc) is 2.28. The Kier molecular flexibility index (Phi) is 2.96. The lowest BCUT2D eigenvalue weighted by molar-refractivity contribution is 0.379. The van der Waals surface area contributed by atoms with Gasteiger partial charge in [-0.25, -0.2) is 0 Å². The van der Waals surface area contributed by atoms with Gasteiger partial charge in [-0.05, 0) is 30.2 Å². The maximum Gasteiger partial charge on any atom is 0.321 e. The lowest BCUT2D eigenvalue weighted by atomic mass is 10.1. The van der Waals surface area contributed by atoms with E-state index in [1.807, 2.05) is 13.0 Å². The van der Waals surface area contributed by atoms with Crippen molar-refractivity contribution in [3.63, 3.8) is 0 Å². The van der Waals surface area contributed by atoms with Crippen LogP contribution in [-0.2, 0) is 0 Å². The van der Waals surface area contributed by atoms with Crippen LogP contribution in [-0.4, -0.2) is 27.0 Å². The Labute approximate surface area is 97.5 Å². The molecule has 0 aromatic carbocycles. The Morgan fingerprint density at radius 1 is 1.25 bits per heavy atom. The highest BCUT2D eigenvalue weighted by Gasteiger charge is 2.09. The van der Waals surface area contributed by atoms with E-state index < -0.39 is 0 Å². The highest BCUT2D eigenvalue weighted by molar-refractivity contribution is 6.28. The van der Waals surface area contributed by atoms with Crippen molar-refractivity contribution >= 4 is 11.6 Å². The Hall–Kier alpha value is -1.75. The summed E-state index contributed by atoms with van der Waals surface area (Å²) < 4.78 is 4.93. The topological polar surface area (TPSA) is 60.8 Å². The minimum Gasteiger partial charge on any atom is -0.467 e.